The van der Waals surface area contributed by atoms with Gasteiger partial charge in [0.15, 0.2) is 0 Å². The Morgan fingerprint density at radius 1 is 1.37 bits per heavy atom. The number of hydrogen-bond donors (Lipinski definition) is 2. The quantitative estimate of drug-likeness (QED) is 0.852. The Bertz CT molecular complexity index is 905. The highest BCUT2D eigenvalue weighted by molar-refractivity contribution is 5.86. The number of alkyl halides is 3. The molecule has 4 rings (SSSR count). The summed E-state index contributed by atoms with van der Waals surface area (Å²) in [6.07, 6.45) is 0.0249. The molecule has 2 aromatic rings. The van der Waals surface area contributed by atoms with Crippen molar-refractivity contribution in [1.82, 2.24) is 25.1 Å². The monoisotopic (exact) mass is 380 g/mol. The molecule has 2 N–H and O–H groups in total. The maximum Gasteiger partial charge on any atom is 0.419 e. The zero-order valence-corrected chi connectivity index (χ0v) is 14.9. The van der Waals surface area contributed by atoms with Crippen molar-refractivity contribution >= 4 is 17.5 Å². The fourth-order valence-corrected chi connectivity index (χ4v) is 3.24. The molecule has 0 unspecified atom stereocenters. The smallest absolute Gasteiger partial charge is 0.354 e. The van der Waals surface area contributed by atoms with Crippen LogP contribution in [0, 0.1) is 6.92 Å². The lowest BCUT2D eigenvalue weighted by Gasteiger charge is -2.20. The van der Waals surface area contributed by atoms with Crippen LogP contribution in [0.15, 0.2) is 12.4 Å². The van der Waals surface area contributed by atoms with Crippen LogP contribution in [0.25, 0.3) is 0 Å². The van der Waals surface area contributed by atoms with Crippen molar-refractivity contribution in [3.8, 4) is 0 Å². The highest BCUT2D eigenvalue weighted by Crippen LogP contribution is 2.45. The largest absolute Gasteiger partial charge is 0.419 e. The minimum Gasteiger partial charge on any atom is -0.354 e. The molecule has 0 bridgehead atoms. The summed E-state index contributed by atoms with van der Waals surface area (Å²) >= 11 is 0. The maximum atomic E-state index is 13.2. The number of carbonyl (C=O) groups is 1. The minimum atomic E-state index is -4.47. The van der Waals surface area contributed by atoms with Gasteiger partial charge in [-0.2, -0.15) is 18.3 Å². The van der Waals surface area contributed by atoms with E-state index in [1.165, 1.54) is 0 Å². The number of nitrogens with zero attached hydrogens (tertiary/aromatic N) is 4. The summed E-state index contributed by atoms with van der Waals surface area (Å²) in [4.78, 5) is 20.1. The first-order valence-corrected chi connectivity index (χ1v) is 8.75. The fraction of sp³-hybridized carbons (Fsp3) is 0.529. The second-order valence-electron chi connectivity index (χ2n) is 7.24. The summed E-state index contributed by atoms with van der Waals surface area (Å²) in [5.41, 5.74) is -0.375. The average Bonchev–Trinajstić information content (AvgIpc) is 3.30. The van der Waals surface area contributed by atoms with E-state index in [1.807, 2.05) is 0 Å². The van der Waals surface area contributed by atoms with Crippen LogP contribution < -0.4 is 10.6 Å². The van der Waals surface area contributed by atoms with E-state index in [1.54, 1.807) is 24.7 Å². The second-order valence-corrected chi connectivity index (χ2v) is 7.24. The van der Waals surface area contributed by atoms with Crippen LogP contribution in [-0.2, 0) is 16.5 Å². The molecule has 2 fully saturated rings. The molecule has 1 aliphatic carbocycles. The first kappa shape index (κ1) is 17.7. The zero-order valence-electron chi connectivity index (χ0n) is 14.9. The Hall–Kier alpha value is -2.65. The van der Waals surface area contributed by atoms with Gasteiger partial charge in [-0.3, -0.25) is 9.48 Å². The summed E-state index contributed by atoms with van der Waals surface area (Å²) in [5, 5.41) is 10.1. The van der Waals surface area contributed by atoms with Gasteiger partial charge in [-0.25, -0.2) is 9.97 Å². The predicted molar refractivity (Wildman–Crippen MR) is 90.5 cm³/mol. The molecule has 3 heterocycles. The molecule has 1 saturated carbocycles. The predicted octanol–water partition coefficient (Wildman–Crippen LogP) is 2.86. The van der Waals surface area contributed by atoms with Crippen molar-refractivity contribution in [3.05, 3.63) is 29.3 Å². The number of aryl methyl sites for hydroxylation is 1. The van der Waals surface area contributed by atoms with Gasteiger partial charge in [0.25, 0.3) is 0 Å². The molecule has 10 heteroatoms. The molecule has 144 valence electrons. The molecule has 1 amide bonds. The van der Waals surface area contributed by atoms with Gasteiger partial charge in [0, 0.05) is 18.7 Å². The lowest BCUT2D eigenvalue weighted by atomic mass is 10.0. The van der Waals surface area contributed by atoms with Crippen molar-refractivity contribution in [2.45, 2.75) is 50.7 Å². The number of hydrogen-bond acceptors (Lipinski definition) is 5. The van der Waals surface area contributed by atoms with E-state index in [2.05, 4.69) is 25.7 Å². The first-order valence-electron chi connectivity index (χ1n) is 8.75. The summed E-state index contributed by atoms with van der Waals surface area (Å²) in [7, 11) is 0. The van der Waals surface area contributed by atoms with E-state index in [9.17, 15) is 18.0 Å². The number of rotatable bonds is 4. The normalized spacial score (nSPS) is 22.8. The van der Waals surface area contributed by atoms with Crippen molar-refractivity contribution in [2.24, 2.45) is 0 Å². The van der Waals surface area contributed by atoms with Gasteiger partial charge in [-0.05, 0) is 33.1 Å². The molecule has 1 saturated heterocycles. The standard InChI is InChI=1S/C17H19F3N6O/c1-9-12(8-26(25-9)16(2)5-6-21-14(16)27)23-15-22-7-11(17(18,19)20)13(24-15)10-3-4-10/h7-8,10H,3-6H2,1-2H3,(H,21,27)(H,22,23,24)/t16-/m0/s1. The van der Waals surface area contributed by atoms with Crippen LogP contribution in [-0.4, -0.2) is 32.2 Å². The molecule has 2 aromatic heterocycles. The summed E-state index contributed by atoms with van der Waals surface area (Å²) in [5.74, 6) is -0.193. The Morgan fingerprint density at radius 2 is 2.11 bits per heavy atom. The van der Waals surface area contributed by atoms with E-state index in [0.717, 1.165) is 6.20 Å². The topological polar surface area (TPSA) is 84.7 Å². The lowest BCUT2D eigenvalue weighted by Crippen LogP contribution is -2.38. The molecule has 2 aliphatic rings. The number of anilines is 2. The van der Waals surface area contributed by atoms with Crippen LogP contribution in [0.3, 0.4) is 0 Å². The SMILES string of the molecule is Cc1nn([C@@]2(C)CCNC2=O)cc1Nc1ncc(C(F)(F)F)c(C2CC2)n1. The summed E-state index contributed by atoms with van der Waals surface area (Å²) in [6, 6.07) is 0. The number of amides is 1. The first-order chi connectivity index (χ1) is 12.7. The van der Waals surface area contributed by atoms with Gasteiger partial charge in [0.05, 0.1) is 28.8 Å². The third kappa shape index (κ3) is 3.13. The third-order valence-corrected chi connectivity index (χ3v) is 5.13. The van der Waals surface area contributed by atoms with Gasteiger partial charge in [0.1, 0.15) is 5.54 Å². The highest BCUT2D eigenvalue weighted by atomic mass is 19.4. The molecule has 1 atom stereocenters. The Morgan fingerprint density at radius 3 is 2.70 bits per heavy atom. The molecule has 1 aliphatic heterocycles. The number of nitrogens with one attached hydrogen (secondary N) is 2. The second kappa shape index (κ2) is 5.93. The van der Waals surface area contributed by atoms with Crippen LogP contribution in [0.2, 0.25) is 0 Å². The van der Waals surface area contributed by atoms with Crippen molar-refractivity contribution < 1.29 is 18.0 Å². The van der Waals surface area contributed by atoms with Crippen molar-refractivity contribution in [2.75, 3.05) is 11.9 Å². The minimum absolute atomic E-state index is 0.0344. The van der Waals surface area contributed by atoms with Gasteiger partial charge in [-0.1, -0.05) is 0 Å². The maximum absolute atomic E-state index is 13.2. The fourth-order valence-electron chi connectivity index (χ4n) is 3.24. The molecule has 0 aromatic carbocycles. The Balaban J connectivity index is 1.63. The van der Waals surface area contributed by atoms with Crippen LogP contribution >= 0.6 is 0 Å². The van der Waals surface area contributed by atoms with Crippen LogP contribution in [0.4, 0.5) is 24.8 Å². The molecule has 7 nitrogen and oxygen atoms in total. The van der Waals surface area contributed by atoms with E-state index in [0.29, 0.717) is 37.2 Å². The van der Waals surface area contributed by atoms with E-state index >= 15 is 0 Å². The van der Waals surface area contributed by atoms with Gasteiger partial charge in [-0.15, -0.1) is 0 Å². The molecular weight excluding hydrogens is 361 g/mol. The molecule has 0 spiro atoms. The van der Waals surface area contributed by atoms with Crippen molar-refractivity contribution in [1.29, 1.82) is 0 Å². The number of aromatic nitrogens is 4. The number of halogens is 3. The van der Waals surface area contributed by atoms with Gasteiger partial charge in [0.2, 0.25) is 11.9 Å². The summed E-state index contributed by atoms with van der Waals surface area (Å²) < 4.78 is 41.1. The Labute approximate surface area is 153 Å². The zero-order chi connectivity index (χ0) is 19.4. The average molecular weight is 380 g/mol. The number of carbonyl (C=O) groups excluding carboxylic acids is 1. The van der Waals surface area contributed by atoms with Gasteiger partial charge < -0.3 is 10.6 Å². The van der Waals surface area contributed by atoms with Crippen molar-refractivity contribution in [3.63, 3.8) is 0 Å². The van der Waals surface area contributed by atoms with E-state index in [4.69, 9.17) is 0 Å². The van der Waals surface area contributed by atoms with Crippen LogP contribution in [0.1, 0.15) is 49.1 Å². The van der Waals surface area contributed by atoms with E-state index in [-0.39, 0.29) is 23.5 Å². The highest BCUT2D eigenvalue weighted by Gasteiger charge is 2.41. The van der Waals surface area contributed by atoms with Crippen LogP contribution in [0.5, 0.6) is 0 Å². The Kier molecular flexibility index (Phi) is 3.90. The third-order valence-electron chi connectivity index (χ3n) is 5.13. The molecule has 27 heavy (non-hydrogen) atoms. The lowest BCUT2D eigenvalue weighted by molar-refractivity contribution is -0.138. The van der Waals surface area contributed by atoms with E-state index < -0.39 is 17.3 Å². The summed E-state index contributed by atoms with van der Waals surface area (Å²) in [6.45, 7) is 4.12. The van der Waals surface area contributed by atoms with Gasteiger partial charge >= 0.3 is 6.18 Å². The molecule has 0 radical (unpaired) electrons. The molecular formula is C17H19F3N6O.